The SMILES string of the molecule is CC(c1ccncc1)N1CCC(NC(=O)N2CCCC(c3ccccc3)CC2)CC1. The van der Waals surface area contributed by atoms with Gasteiger partial charge in [0.2, 0.25) is 0 Å². The Balaban J connectivity index is 1.24. The number of hydrogen-bond acceptors (Lipinski definition) is 3. The average molecular weight is 407 g/mol. The molecule has 160 valence electrons. The molecule has 30 heavy (non-hydrogen) atoms. The highest BCUT2D eigenvalue weighted by molar-refractivity contribution is 5.74. The first-order valence-corrected chi connectivity index (χ1v) is 11.4. The number of carbonyl (C=O) groups is 1. The van der Waals surface area contributed by atoms with Crippen LogP contribution in [0.15, 0.2) is 54.9 Å². The van der Waals surface area contributed by atoms with Gasteiger partial charge in [-0.05, 0) is 68.2 Å². The van der Waals surface area contributed by atoms with E-state index in [0.29, 0.717) is 12.0 Å². The van der Waals surface area contributed by atoms with Crippen LogP contribution in [0.2, 0.25) is 0 Å². The topological polar surface area (TPSA) is 48.5 Å². The number of nitrogens with one attached hydrogen (secondary N) is 1. The predicted molar refractivity (Wildman–Crippen MR) is 120 cm³/mol. The first-order chi connectivity index (χ1) is 14.7. The van der Waals surface area contributed by atoms with Crippen molar-refractivity contribution in [3.63, 3.8) is 0 Å². The van der Waals surface area contributed by atoms with Crippen LogP contribution >= 0.6 is 0 Å². The summed E-state index contributed by atoms with van der Waals surface area (Å²) in [6, 6.07) is 15.8. The van der Waals surface area contributed by atoms with Gasteiger partial charge in [-0.15, -0.1) is 0 Å². The van der Waals surface area contributed by atoms with Gasteiger partial charge in [-0.3, -0.25) is 9.88 Å². The summed E-state index contributed by atoms with van der Waals surface area (Å²) >= 11 is 0. The van der Waals surface area contributed by atoms with Crippen molar-refractivity contribution < 1.29 is 4.79 Å². The van der Waals surface area contributed by atoms with E-state index in [1.165, 1.54) is 17.5 Å². The maximum atomic E-state index is 12.9. The van der Waals surface area contributed by atoms with Gasteiger partial charge in [-0.25, -0.2) is 4.79 Å². The molecule has 2 saturated heterocycles. The first-order valence-electron chi connectivity index (χ1n) is 11.4. The monoisotopic (exact) mass is 406 g/mol. The molecule has 5 heteroatoms. The van der Waals surface area contributed by atoms with E-state index in [0.717, 1.165) is 51.9 Å². The van der Waals surface area contributed by atoms with Crippen molar-refractivity contribution in [2.45, 2.75) is 57.0 Å². The normalized spacial score (nSPS) is 22.3. The lowest BCUT2D eigenvalue weighted by Gasteiger charge is -2.37. The third kappa shape index (κ3) is 5.20. The molecule has 2 aliphatic rings. The first kappa shape index (κ1) is 20.9. The summed E-state index contributed by atoms with van der Waals surface area (Å²) in [5.41, 5.74) is 2.72. The number of likely N-dealkylation sites (tertiary alicyclic amines) is 2. The molecule has 1 aromatic heterocycles. The van der Waals surface area contributed by atoms with Crippen LogP contribution in [0.25, 0.3) is 0 Å². The summed E-state index contributed by atoms with van der Waals surface area (Å²) in [6.45, 7) is 6.01. The van der Waals surface area contributed by atoms with Crippen LogP contribution in [0.3, 0.4) is 0 Å². The second kappa shape index (κ2) is 10.1. The minimum Gasteiger partial charge on any atom is -0.335 e. The van der Waals surface area contributed by atoms with E-state index in [4.69, 9.17) is 0 Å². The molecule has 0 spiro atoms. The summed E-state index contributed by atoms with van der Waals surface area (Å²) in [5.74, 6) is 0.571. The number of hydrogen-bond donors (Lipinski definition) is 1. The molecule has 2 fully saturated rings. The van der Waals surface area contributed by atoms with Crippen molar-refractivity contribution in [3.05, 3.63) is 66.0 Å². The summed E-state index contributed by atoms with van der Waals surface area (Å²) in [5, 5.41) is 3.32. The fourth-order valence-corrected chi connectivity index (χ4v) is 4.91. The Morgan fingerprint density at radius 1 is 0.967 bits per heavy atom. The minimum atomic E-state index is 0.129. The van der Waals surface area contributed by atoms with E-state index in [1.54, 1.807) is 0 Å². The Kier molecular flexibility index (Phi) is 7.00. The Labute approximate surface area is 180 Å². The van der Waals surface area contributed by atoms with Crippen molar-refractivity contribution in [2.24, 2.45) is 0 Å². The number of carbonyl (C=O) groups excluding carboxylic acids is 1. The van der Waals surface area contributed by atoms with E-state index in [1.807, 2.05) is 17.3 Å². The molecule has 4 rings (SSSR count). The Bertz CT molecular complexity index is 789. The number of benzene rings is 1. The predicted octanol–water partition coefficient (Wildman–Crippen LogP) is 4.59. The van der Waals surface area contributed by atoms with E-state index < -0.39 is 0 Å². The van der Waals surface area contributed by atoms with Crippen molar-refractivity contribution in [2.75, 3.05) is 26.2 Å². The highest BCUT2D eigenvalue weighted by atomic mass is 16.2. The quantitative estimate of drug-likeness (QED) is 0.808. The number of rotatable bonds is 4. The van der Waals surface area contributed by atoms with Crippen LogP contribution in [0.1, 0.15) is 62.1 Å². The summed E-state index contributed by atoms with van der Waals surface area (Å²) in [6.07, 6.45) is 9.06. The molecule has 1 aromatic carbocycles. The second-order valence-electron chi connectivity index (χ2n) is 8.74. The third-order valence-electron chi connectivity index (χ3n) is 6.88. The Hall–Kier alpha value is -2.40. The lowest BCUT2D eigenvalue weighted by molar-refractivity contribution is 0.146. The van der Waals surface area contributed by atoms with Crippen LogP contribution in [0.4, 0.5) is 4.79 Å². The second-order valence-corrected chi connectivity index (χ2v) is 8.74. The van der Waals surface area contributed by atoms with Gasteiger partial charge < -0.3 is 10.2 Å². The standard InChI is InChI=1S/C25H34N4O/c1-20(21-9-14-26-15-10-21)28-18-12-24(13-19-28)27-25(30)29-16-5-8-23(11-17-29)22-6-3-2-4-7-22/h2-4,6-7,9-10,14-15,20,23-24H,5,8,11-13,16-19H2,1H3,(H,27,30). The van der Waals surface area contributed by atoms with Crippen molar-refractivity contribution in [1.82, 2.24) is 20.1 Å². The molecule has 0 aliphatic carbocycles. The molecule has 2 aliphatic heterocycles. The maximum absolute atomic E-state index is 12.9. The number of amides is 2. The molecule has 2 amide bonds. The average Bonchev–Trinajstić information content (AvgIpc) is 3.07. The Morgan fingerprint density at radius 3 is 2.43 bits per heavy atom. The van der Waals surface area contributed by atoms with Crippen molar-refractivity contribution >= 4 is 6.03 Å². The molecule has 0 bridgehead atoms. The van der Waals surface area contributed by atoms with E-state index in [-0.39, 0.29) is 12.1 Å². The molecule has 2 aromatic rings. The van der Waals surface area contributed by atoms with Crippen LogP contribution < -0.4 is 5.32 Å². The van der Waals surface area contributed by atoms with E-state index in [9.17, 15) is 4.79 Å². The molecule has 0 radical (unpaired) electrons. The van der Waals surface area contributed by atoms with Gasteiger partial charge in [-0.2, -0.15) is 0 Å². The third-order valence-corrected chi connectivity index (χ3v) is 6.88. The summed E-state index contributed by atoms with van der Waals surface area (Å²) in [4.78, 5) is 21.6. The van der Waals surface area contributed by atoms with Gasteiger partial charge in [0.25, 0.3) is 0 Å². The van der Waals surface area contributed by atoms with Crippen LogP contribution in [-0.4, -0.2) is 53.0 Å². The van der Waals surface area contributed by atoms with Gasteiger partial charge in [-0.1, -0.05) is 30.3 Å². The smallest absolute Gasteiger partial charge is 0.317 e. The number of urea groups is 1. The molecule has 2 atom stereocenters. The van der Waals surface area contributed by atoms with Crippen LogP contribution in [0, 0.1) is 0 Å². The number of nitrogens with zero attached hydrogens (tertiary/aromatic N) is 3. The number of aromatic nitrogens is 1. The lowest BCUT2D eigenvalue weighted by Crippen LogP contribution is -2.49. The molecule has 1 N–H and O–H groups in total. The summed E-state index contributed by atoms with van der Waals surface area (Å²) < 4.78 is 0. The number of piperidine rings is 1. The number of pyridine rings is 1. The maximum Gasteiger partial charge on any atom is 0.317 e. The molecule has 2 unspecified atom stereocenters. The fourth-order valence-electron chi connectivity index (χ4n) is 4.91. The van der Waals surface area contributed by atoms with Gasteiger partial charge in [0.1, 0.15) is 0 Å². The van der Waals surface area contributed by atoms with Gasteiger partial charge in [0, 0.05) is 50.7 Å². The zero-order chi connectivity index (χ0) is 20.8. The van der Waals surface area contributed by atoms with E-state index >= 15 is 0 Å². The molecular weight excluding hydrogens is 372 g/mol. The highest BCUT2D eigenvalue weighted by Crippen LogP contribution is 2.28. The molecule has 0 saturated carbocycles. The zero-order valence-electron chi connectivity index (χ0n) is 18.0. The molecular formula is C25H34N4O. The van der Waals surface area contributed by atoms with Gasteiger partial charge in [0.05, 0.1) is 0 Å². The van der Waals surface area contributed by atoms with Gasteiger partial charge >= 0.3 is 6.03 Å². The largest absolute Gasteiger partial charge is 0.335 e. The van der Waals surface area contributed by atoms with E-state index in [2.05, 4.69) is 64.6 Å². The van der Waals surface area contributed by atoms with Crippen LogP contribution in [-0.2, 0) is 0 Å². The fraction of sp³-hybridized carbons (Fsp3) is 0.520. The van der Waals surface area contributed by atoms with Crippen molar-refractivity contribution in [1.29, 1.82) is 0 Å². The minimum absolute atomic E-state index is 0.129. The zero-order valence-corrected chi connectivity index (χ0v) is 18.0. The summed E-state index contributed by atoms with van der Waals surface area (Å²) in [7, 11) is 0. The lowest BCUT2D eigenvalue weighted by atomic mass is 9.92. The van der Waals surface area contributed by atoms with Crippen molar-refractivity contribution in [3.8, 4) is 0 Å². The highest BCUT2D eigenvalue weighted by Gasteiger charge is 2.27. The molecule has 3 heterocycles. The Morgan fingerprint density at radius 2 is 1.70 bits per heavy atom. The van der Waals surface area contributed by atoms with Crippen LogP contribution in [0.5, 0.6) is 0 Å². The van der Waals surface area contributed by atoms with Gasteiger partial charge in [0.15, 0.2) is 0 Å². The molecule has 5 nitrogen and oxygen atoms in total.